The van der Waals surface area contributed by atoms with Crippen LogP contribution < -0.4 is 15.4 Å². The number of carbonyl (C=O) groups excluding carboxylic acids is 2. The molecule has 0 atom stereocenters. The monoisotopic (exact) mass is 323 g/mol. The fourth-order valence-corrected chi connectivity index (χ4v) is 1.95. The van der Waals surface area contributed by atoms with Crippen LogP contribution in [0.2, 0.25) is 0 Å². The van der Waals surface area contributed by atoms with Gasteiger partial charge in [-0.15, -0.1) is 0 Å². The predicted molar refractivity (Wildman–Crippen MR) is 89.5 cm³/mol. The lowest BCUT2D eigenvalue weighted by molar-refractivity contribution is -0.120. The quantitative estimate of drug-likeness (QED) is 0.849. The van der Waals surface area contributed by atoms with E-state index in [9.17, 15) is 9.59 Å². The van der Waals surface area contributed by atoms with E-state index >= 15 is 0 Å². The zero-order chi connectivity index (χ0) is 17.4. The third-order valence-electron chi connectivity index (χ3n) is 3.23. The van der Waals surface area contributed by atoms with Crippen molar-refractivity contribution in [2.45, 2.75) is 6.42 Å². The first kappa shape index (κ1) is 17.0. The molecule has 24 heavy (non-hydrogen) atoms. The molecule has 6 nitrogen and oxygen atoms in total. The first-order valence-electron chi connectivity index (χ1n) is 7.33. The standard InChI is InChI=1S/C18H17N3O3/c1-20-17(22)10-13-2-6-15(7-3-13)21-18(23)12-24-16-8-4-14(11-19)5-9-16/h2-9H,10,12H2,1H3,(H,20,22)(H,21,23). The lowest BCUT2D eigenvalue weighted by Gasteiger charge is -2.08. The number of rotatable bonds is 6. The highest BCUT2D eigenvalue weighted by Gasteiger charge is 2.05. The van der Waals surface area contributed by atoms with Gasteiger partial charge < -0.3 is 15.4 Å². The Labute approximate surface area is 140 Å². The topological polar surface area (TPSA) is 91.2 Å². The molecule has 2 rings (SSSR count). The van der Waals surface area contributed by atoms with Gasteiger partial charge >= 0.3 is 0 Å². The van der Waals surface area contributed by atoms with Crippen LogP contribution in [-0.4, -0.2) is 25.5 Å². The van der Waals surface area contributed by atoms with Crippen molar-refractivity contribution in [1.82, 2.24) is 5.32 Å². The van der Waals surface area contributed by atoms with Crippen LogP contribution in [0.15, 0.2) is 48.5 Å². The number of hydrogen-bond acceptors (Lipinski definition) is 4. The summed E-state index contributed by atoms with van der Waals surface area (Å²) in [6.07, 6.45) is 0.298. The molecular formula is C18H17N3O3. The Hall–Kier alpha value is -3.33. The number of benzene rings is 2. The Morgan fingerprint density at radius 2 is 1.71 bits per heavy atom. The zero-order valence-corrected chi connectivity index (χ0v) is 13.2. The Morgan fingerprint density at radius 3 is 2.29 bits per heavy atom. The molecule has 0 spiro atoms. The van der Waals surface area contributed by atoms with Gasteiger partial charge in [0, 0.05) is 12.7 Å². The van der Waals surface area contributed by atoms with Crippen molar-refractivity contribution in [3.63, 3.8) is 0 Å². The van der Waals surface area contributed by atoms with Crippen molar-refractivity contribution >= 4 is 17.5 Å². The van der Waals surface area contributed by atoms with Gasteiger partial charge in [-0.05, 0) is 42.0 Å². The normalized spacial score (nSPS) is 9.67. The summed E-state index contributed by atoms with van der Waals surface area (Å²) in [4.78, 5) is 23.2. The highest BCUT2D eigenvalue weighted by atomic mass is 16.5. The Kier molecular flexibility index (Phi) is 5.92. The smallest absolute Gasteiger partial charge is 0.262 e. The largest absolute Gasteiger partial charge is 0.484 e. The molecule has 0 unspecified atom stereocenters. The van der Waals surface area contributed by atoms with Gasteiger partial charge in [0.25, 0.3) is 5.91 Å². The average molecular weight is 323 g/mol. The molecule has 0 aliphatic heterocycles. The second kappa shape index (κ2) is 8.34. The summed E-state index contributed by atoms with van der Waals surface area (Å²) in [7, 11) is 1.59. The number of ether oxygens (including phenoxy) is 1. The molecule has 0 aromatic heterocycles. The van der Waals surface area contributed by atoms with Crippen molar-refractivity contribution in [1.29, 1.82) is 5.26 Å². The van der Waals surface area contributed by atoms with Gasteiger partial charge in [0.2, 0.25) is 5.91 Å². The maximum absolute atomic E-state index is 11.9. The Balaban J connectivity index is 1.83. The molecule has 2 aromatic rings. The zero-order valence-electron chi connectivity index (χ0n) is 13.2. The maximum atomic E-state index is 11.9. The van der Waals surface area contributed by atoms with E-state index in [1.165, 1.54) is 0 Å². The molecule has 0 heterocycles. The van der Waals surface area contributed by atoms with E-state index in [0.717, 1.165) is 5.56 Å². The van der Waals surface area contributed by atoms with Crippen molar-refractivity contribution in [2.75, 3.05) is 19.0 Å². The van der Waals surface area contributed by atoms with E-state index < -0.39 is 0 Å². The average Bonchev–Trinajstić information content (AvgIpc) is 2.62. The lowest BCUT2D eigenvalue weighted by Crippen LogP contribution is -2.21. The van der Waals surface area contributed by atoms with Crippen LogP contribution in [0.25, 0.3) is 0 Å². The SMILES string of the molecule is CNC(=O)Cc1ccc(NC(=O)COc2ccc(C#N)cc2)cc1. The Bertz CT molecular complexity index is 747. The minimum atomic E-state index is -0.293. The van der Waals surface area contributed by atoms with Crippen molar-refractivity contribution in [3.8, 4) is 11.8 Å². The second-order valence-electron chi connectivity index (χ2n) is 5.02. The van der Waals surface area contributed by atoms with E-state index in [4.69, 9.17) is 10.00 Å². The molecular weight excluding hydrogens is 306 g/mol. The van der Waals surface area contributed by atoms with Gasteiger partial charge in [0.15, 0.2) is 6.61 Å². The summed E-state index contributed by atoms with van der Waals surface area (Å²) in [6.45, 7) is -0.133. The number of nitrogens with one attached hydrogen (secondary N) is 2. The molecule has 0 aliphatic carbocycles. The molecule has 0 saturated carbocycles. The van der Waals surface area contributed by atoms with Crippen LogP contribution in [-0.2, 0) is 16.0 Å². The summed E-state index contributed by atoms with van der Waals surface area (Å²) in [5.41, 5.74) is 2.02. The van der Waals surface area contributed by atoms with Gasteiger partial charge in [-0.25, -0.2) is 0 Å². The van der Waals surface area contributed by atoms with E-state index in [1.54, 1.807) is 55.6 Å². The van der Waals surface area contributed by atoms with Gasteiger partial charge in [0.05, 0.1) is 18.1 Å². The number of hydrogen-bond donors (Lipinski definition) is 2. The van der Waals surface area contributed by atoms with Crippen molar-refractivity contribution in [3.05, 3.63) is 59.7 Å². The van der Waals surface area contributed by atoms with E-state index in [2.05, 4.69) is 10.6 Å². The van der Waals surface area contributed by atoms with E-state index in [1.807, 2.05) is 6.07 Å². The summed E-state index contributed by atoms with van der Waals surface area (Å²) < 4.78 is 5.36. The second-order valence-corrected chi connectivity index (χ2v) is 5.02. The minimum absolute atomic E-state index is 0.0670. The molecule has 2 N–H and O–H groups in total. The predicted octanol–water partition coefficient (Wildman–Crippen LogP) is 1.86. The fourth-order valence-electron chi connectivity index (χ4n) is 1.95. The van der Waals surface area contributed by atoms with Crippen LogP contribution in [0.4, 0.5) is 5.69 Å². The van der Waals surface area contributed by atoms with Crippen molar-refractivity contribution < 1.29 is 14.3 Å². The molecule has 122 valence electrons. The number of anilines is 1. The van der Waals surface area contributed by atoms with Crippen LogP contribution in [0.1, 0.15) is 11.1 Å². The molecule has 0 bridgehead atoms. The van der Waals surface area contributed by atoms with Crippen molar-refractivity contribution in [2.24, 2.45) is 0 Å². The number of carbonyl (C=O) groups is 2. The number of nitriles is 1. The fraction of sp³-hybridized carbons (Fsp3) is 0.167. The third-order valence-corrected chi connectivity index (χ3v) is 3.23. The van der Waals surface area contributed by atoms with Crippen LogP contribution in [0.3, 0.4) is 0 Å². The molecule has 0 radical (unpaired) electrons. The number of nitrogens with zero attached hydrogens (tertiary/aromatic N) is 1. The van der Waals surface area contributed by atoms with Gasteiger partial charge in [0.1, 0.15) is 5.75 Å². The molecule has 0 aliphatic rings. The first-order chi connectivity index (χ1) is 11.6. The van der Waals surface area contributed by atoms with E-state index in [-0.39, 0.29) is 18.4 Å². The molecule has 2 aromatic carbocycles. The van der Waals surface area contributed by atoms with Gasteiger partial charge in [-0.1, -0.05) is 12.1 Å². The Morgan fingerprint density at radius 1 is 1.04 bits per heavy atom. The maximum Gasteiger partial charge on any atom is 0.262 e. The van der Waals surface area contributed by atoms with E-state index in [0.29, 0.717) is 23.4 Å². The highest BCUT2D eigenvalue weighted by Crippen LogP contribution is 2.13. The summed E-state index contributed by atoms with van der Waals surface area (Å²) in [5, 5.41) is 14.0. The summed E-state index contributed by atoms with van der Waals surface area (Å²) in [6, 6.07) is 15.6. The lowest BCUT2D eigenvalue weighted by atomic mass is 10.1. The number of amides is 2. The summed E-state index contributed by atoms with van der Waals surface area (Å²) >= 11 is 0. The molecule has 0 saturated heterocycles. The minimum Gasteiger partial charge on any atom is -0.484 e. The van der Waals surface area contributed by atoms with Gasteiger partial charge in [-0.3, -0.25) is 9.59 Å². The third kappa shape index (κ3) is 5.14. The van der Waals surface area contributed by atoms with Crippen LogP contribution in [0.5, 0.6) is 5.75 Å². The molecule has 0 fully saturated rings. The van der Waals surface area contributed by atoms with Crippen LogP contribution in [0, 0.1) is 11.3 Å². The highest BCUT2D eigenvalue weighted by molar-refractivity contribution is 5.92. The molecule has 6 heteroatoms. The van der Waals surface area contributed by atoms with Gasteiger partial charge in [-0.2, -0.15) is 5.26 Å². The molecule has 2 amide bonds. The summed E-state index contributed by atoms with van der Waals surface area (Å²) in [5.74, 6) is 0.158. The first-order valence-corrected chi connectivity index (χ1v) is 7.33. The number of likely N-dealkylation sites (N-methyl/N-ethyl adjacent to an activating group) is 1. The van der Waals surface area contributed by atoms with Crippen LogP contribution >= 0.6 is 0 Å².